The van der Waals surface area contributed by atoms with Gasteiger partial charge >= 0.3 is 0 Å². The van der Waals surface area contributed by atoms with Gasteiger partial charge in [-0.2, -0.15) is 0 Å². The molecule has 0 aromatic heterocycles. The highest BCUT2D eigenvalue weighted by atomic mass is 35.5. The number of nitrogen functional groups attached to an aromatic ring is 1. The van der Waals surface area contributed by atoms with Crippen LogP contribution in [0.2, 0.25) is 5.02 Å². The second-order valence-electron chi connectivity index (χ2n) is 4.29. The molecule has 0 bridgehead atoms. The number of anilines is 1. The summed E-state index contributed by atoms with van der Waals surface area (Å²) < 4.78 is 5.25. The second-order valence-corrected chi connectivity index (χ2v) is 4.70. The first-order valence-corrected chi connectivity index (χ1v) is 6.46. The van der Waals surface area contributed by atoms with Crippen molar-refractivity contribution in [3.8, 4) is 0 Å². The van der Waals surface area contributed by atoms with Gasteiger partial charge < -0.3 is 15.4 Å². The highest BCUT2D eigenvalue weighted by molar-refractivity contribution is 6.33. The van der Waals surface area contributed by atoms with Gasteiger partial charge in [0.2, 0.25) is 0 Å². The summed E-state index contributed by atoms with van der Waals surface area (Å²) in [5.74, 6) is 0.0112. The van der Waals surface area contributed by atoms with Crippen molar-refractivity contribution in [1.82, 2.24) is 4.90 Å². The van der Waals surface area contributed by atoms with Crippen molar-refractivity contribution in [2.45, 2.75) is 13.3 Å². The van der Waals surface area contributed by atoms with E-state index in [-0.39, 0.29) is 5.91 Å². The predicted octanol–water partition coefficient (Wildman–Crippen LogP) is 1.96. The van der Waals surface area contributed by atoms with E-state index in [2.05, 4.69) is 0 Å². The number of aryl methyl sites for hydroxylation is 1. The van der Waals surface area contributed by atoms with Gasteiger partial charge in [0.05, 0.1) is 23.9 Å². The molecule has 1 fully saturated rings. The first-order valence-electron chi connectivity index (χ1n) is 6.08. The quantitative estimate of drug-likeness (QED) is 0.834. The second kappa shape index (κ2) is 5.59. The molecule has 98 valence electrons. The summed E-state index contributed by atoms with van der Waals surface area (Å²) in [6, 6.07) is 3.46. The van der Waals surface area contributed by atoms with E-state index < -0.39 is 0 Å². The molecule has 1 aliphatic rings. The van der Waals surface area contributed by atoms with E-state index >= 15 is 0 Å². The molecule has 0 atom stereocenters. The Bertz CT molecular complexity index is 457. The third-order valence-corrected chi connectivity index (χ3v) is 3.46. The number of hydrogen-bond donors (Lipinski definition) is 1. The number of halogens is 1. The van der Waals surface area contributed by atoms with Crippen molar-refractivity contribution < 1.29 is 9.53 Å². The maximum Gasteiger partial charge on any atom is 0.254 e. The minimum Gasteiger partial charge on any atom is -0.398 e. The molecule has 18 heavy (non-hydrogen) atoms. The minimum absolute atomic E-state index is 0.0112. The zero-order valence-electron chi connectivity index (χ0n) is 10.4. The van der Waals surface area contributed by atoms with Crippen molar-refractivity contribution in [2.24, 2.45) is 0 Å². The monoisotopic (exact) mass is 268 g/mol. The molecule has 0 aliphatic carbocycles. The summed E-state index contributed by atoms with van der Waals surface area (Å²) >= 11 is 6.01. The number of morpholine rings is 1. The molecule has 0 unspecified atom stereocenters. The molecule has 1 amide bonds. The zero-order chi connectivity index (χ0) is 13.1. The van der Waals surface area contributed by atoms with Crippen LogP contribution in [-0.4, -0.2) is 37.1 Å². The van der Waals surface area contributed by atoms with Gasteiger partial charge in [-0.15, -0.1) is 0 Å². The highest BCUT2D eigenvalue weighted by Gasteiger charge is 2.21. The predicted molar refractivity (Wildman–Crippen MR) is 72.0 cm³/mol. The minimum atomic E-state index is 0.0112. The van der Waals surface area contributed by atoms with E-state index in [0.717, 1.165) is 12.0 Å². The number of carbonyl (C=O) groups excluding carboxylic acids is 1. The van der Waals surface area contributed by atoms with Crippen molar-refractivity contribution >= 4 is 23.2 Å². The molecule has 1 aliphatic heterocycles. The number of ether oxygens (including phenoxy) is 1. The highest BCUT2D eigenvalue weighted by Crippen LogP contribution is 2.25. The Balaban J connectivity index is 2.31. The van der Waals surface area contributed by atoms with E-state index in [1.807, 2.05) is 6.92 Å². The lowest BCUT2D eigenvalue weighted by molar-refractivity contribution is 0.0302. The fraction of sp³-hybridized carbons (Fsp3) is 0.462. The Morgan fingerprint density at radius 1 is 1.44 bits per heavy atom. The molecule has 0 saturated carbocycles. The number of nitrogens with two attached hydrogens (primary N) is 1. The van der Waals surface area contributed by atoms with Crippen LogP contribution >= 0.6 is 11.6 Å². The Kier molecular flexibility index (Phi) is 4.09. The average molecular weight is 269 g/mol. The van der Waals surface area contributed by atoms with Crippen molar-refractivity contribution in [1.29, 1.82) is 0 Å². The number of amides is 1. The van der Waals surface area contributed by atoms with E-state index in [0.29, 0.717) is 42.6 Å². The van der Waals surface area contributed by atoms with Gasteiger partial charge in [-0.05, 0) is 24.1 Å². The molecule has 1 saturated heterocycles. The molecule has 1 aromatic rings. The van der Waals surface area contributed by atoms with Gasteiger partial charge in [0.1, 0.15) is 0 Å². The normalized spacial score (nSPS) is 15.8. The molecule has 0 spiro atoms. The lowest BCUT2D eigenvalue weighted by Crippen LogP contribution is -2.41. The van der Waals surface area contributed by atoms with Gasteiger partial charge in [0.15, 0.2) is 0 Å². The largest absolute Gasteiger partial charge is 0.398 e. The molecular formula is C13H17ClN2O2. The van der Waals surface area contributed by atoms with Crippen LogP contribution in [0.15, 0.2) is 12.1 Å². The van der Waals surface area contributed by atoms with E-state index in [9.17, 15) is 4.79 Å². The van der Waals surface area contributed by atoms with Crippen LogP contribution in [0.25, 0.3) is 0 Å². The number of hydrogen-bond acceptors (Lipinski definition) is 3. The van der Waals surface area contributed by atoms with Crippen molar-refractivity contribution in [3.05, 3.63) is 28.3 Å². The summed E-state index contributed by atoms with van der Waals surface area (Å²) in [7, 11) is 0. The number of benzene rings is 1. The van der Waals surface area contributed by atoms with Crippen molar-refractivity contribution in [2.75, 3.05) is 32.0 Å². The molecule has 1 aromatic carbocycles. The van der Waals surface area contributed by atoms with Crippen LogP contribution in [0.5, 0.6) is 0 Å². The van der Waals surface area contributed by atoms with Gasteiger partial charge in [-0.25, -0.2) is 0 Å². The number of carbonyl (C=O) groups is 1. The lowest BCUT2D eigenvalue weighted by atomic mass is 10.0. The summed E-state index contributed by atoms with van der Waals surface area (Å²) in [5.41, 5.74) is 7.88. The van der Waals surface area contributed by atoms with Gasteiger partial charge in [0.25, 0.3) is 5.91 Å². The average Bonchev–Trinajstić information content (AvgIpc) is 2.41. The van der Waals surface area contributed by atoms with Crippen LogP contribution in [0.1, 0.15) is 22.8 Å². The lowest BCUT2D eigenvalue weighted by Gasteiger charge is -2.27. The number of rotatable bonds is 2. The van der Waals surface area contributed by atoms with Gasteiger partial charge in [-0.1, -0.05) is 18.5 Å². The van der Waals surface area contributed by atoms with Gasteiger partial charge in [0, 0.05) is 18.7 Å². The first-order chi connectivity index (χ1) is 8.63. The van der Waals surface area contributed by atoms with Crippen LogP contribution in [0, 0.1) is 0 Å². The third kappa shape index (κ3) is 2.60. The Hall–Kier alpha value is -1.26. The smallest absolute Gasteiger partial charge is 0.254 e. The molecule has 5 heteroatoms. The summed E-state index contributed by atoms with van der Waals surface area (Å²) in [4.78, 5) is 14.2. The van der Waals surface area contributed by atoms with Crippen LogP contribution in [0.4, 0.5) is 5.69 Å². The van der Waals surface area contributed by atoms with E-state index in [1.165, 1.54) is 0 Å². The summed E-state index contributed by atoms with van der Waals surface area (Å²) in [5, 5.41) is 0.434. The Morgan fingerprint density at radius 2 is 2.11 bits per heavy atom. The summed E-state index contributed by atoms with van der Waals surface area (Å²) in [6.45, 7) is 4.44. The van der Waals surface area contributed by atoms with E-state index in [4.69, 9.17) is 22.1 Å². The van der Waals surface area contributed by atoms with Crippen LogP contribution in [0.3, 0.4) is 0 Å². The molecule has 2 rings (SSSR count). The maximum absolute atomic E-state index is 12.4. The fourth-order valence-electron chi connectivity index (χ4n) is 2.07. The van der Waals surface area contributed by atoms with Crippen molar-refractivity contribution in [3.63, 3.8) is 0 Å². The third-order valence-electron chi connectivity index (χ3n) is 3.13. The van der Waals surface area contributed by atoms with E-state index in [1.54, 1.807) is 17.0 Å². The first kappa shape index (κ1) is 13.2. The standard InChI is InChI=1S/C13H17ClN2O2/c1-2-9-7-12(15)11(14)8-10(9)13(17)16-3-5-18-6-4-16/h7-8H,2-6,15H2,1H3. The topological polar surface area (TPSA) is 55.6 Å². The fourth-order valence-corrected chi connectivity index (χ4v) is 2.23. The summed E-state index contributed by atoms with van der Waals surface area (Å²) in [6.07, 6.45) is 0.757. The maximum atomic E-state index is 12.4. The number of nitrogens with zero attached hydrogens (tertiary/aromatic N) is 1. The zero-order valence-corrected chi connectivity index (χ0v) is 11.2. The molecule has 0 radical (unpaired) electrons. The van der Waals surface area contributed by atoms with Crippen LogP contribution < -0.4 is 5.73 Å². The SMILES string of the molecule is CCc1cc(N)c(Cl)cc1C(=O)N1CCOCC1. The van der Waals surface area contributed by atoms with Gasteiger partial charge in [-0.3, -0.25) is 4.79 Å². The Morgan fingerprint density at radius 3 is 2.72 bits per heavy atom. The molecular weight excluding hydrogens is 252 g/mol. The van der Waals surface area contributed by atoms with Crippen LogP contribution in [-0.2, 0) is 11.2 Å². The Labute approximate surface area is 112 Å². The molecule has 4 nitrogen and oxygen atoms in total. The molecule has 2 N–H and O–H groups in total. The molecule has 1 heterocycles.